The third kappa shape index (κ3) is 3.79. The standard InChI is InChI=1S/C20H15F5N6O/c1-3-32-14-8-11(21)7-12(22)15(14)18-17(27-9-31(18)2)13-6-10(4-5-26-13)16-19(20(23,24)25)29-30-28-16/h4-9H,3H2,1-2H3,(H,28,29,30). The number of aromatic nitrogens is 6. The van der Waals surface area contributed by atoms with Gasteiger partial charge in [0.25, 0.3) is 0 Å². The fourth-order valence-electron chi connectivity index (χ4n) is 3.30. The molecule has 0 bridgehead atoms. The number of ether oxygens (including phenoxy) is 1. The van der Waals surface area contributed by atoms with Crippen molar-refractivity contribution in [2.75, 3.05) is 6.61 Å². The SMILES string of the molecule is CCOc1cc(F)cc(F)c1-c1c(-c2cc(-c3n[nH]nc3C(F)(F)F)ccn2)ncn1C. The van der Waals surface area contributed by atoms with E-state index in [1.807, 2.05) is 5.21 Å². The topological polar surface area (TPSA) is 81.5 Å². The Kier molecular flexibility index (Phi) is 5.36. The van der Waals surface area contributed by atoms with Crippen molar-refractivity contribution in [2.24, 2.45) is 7.05 Å². The number of nitrogens with zero attached hydrogens (tertiary/aromatic N) is 5. The first-order valence-electron chi connectivity index (χ1n) is 9.29. The summed E-state index contributed by atoms with van der Waals surface area (Å²) in [6, 6.07) is 4.43. The Bertz CT molecular complexity index is 1280. The minimum atomic E-state index is -4.72. The number of hydrogen-bond donors (Lipinski definition) is 1. The molecule has 3 aromatic heterocycles. The van der Waals surface area contributed by atoms with E-state index in [0.717, 1.165) is 6.07 Å². The first-order valence-corrected chi connectivity index (χ1v) is 9.29. The van der Waals surface area contributed by atoms with Crippen LogP contribution in [0.1, 0.15) is 12.6 Å². The zero-order valence-electron chi connectivity index (χ0n) is 16.7. The molecule has 0 saturated heterocycles. The predicted octanol–water partition coefficient (Wildman–Crippen LogP) is 4.63. The van der Waals surface area contributed by atoms with Gasteiger partial charge in [-0.1, -0.05) is 0 Å². The Morgan fingerprint density at radius 1 is 1.06 bits per heavy atom. The third-order valence-corrected chi connectivity index (χ3v) is 4.58. The van der Waals surface area contributed by atoms with Gasteiger partial charge in [-0.2, -0.15) is 28.6 Å². The molecule has 0 aliphatic carbocycles. The van der Waals surface area contributed by atoms with Crippen molar-refractivity contribution in [1.82, 2.24) is 29.9 Å². The van der Waals surface area contributed by atoms with E-state index >= 15 is 0 Å². The number of benzene rings is 1. The minimum Gasteiger partial charge on any atom is -0.493 e. The first-order chi connectivity index (χ1) is 15.2. The van der Waals surface area contributed by atoms with Gasteiger partial charge in [-0.05, 0) is 19.1 Å². The van der Waals surface area contributed by atoms with Crippen LogP contribution in [0, 0.1) is 11.6 Å². The Hall–Kier alpha value is -3.83. The van der Waals surface area contributed by atoms with Crippen LogP contribution in [-0.4, -0.2) is 36.6 Å². The molecule has 1 N–H and O–H groups in total. The molecule has 0 atom stereocenters. The van der Waals surface area contributed by atoms with Crippen molar-refractivity contribution in [1.29, 1.82) is 0 Å². The van der Waals surface area contributed by atoms with E-state index in [2.05, 4.69) is 20.2 Å². The van der Waals surface area contributed by atoms with Crippen LogP contribution >= 0.6 is 0 Å². The fraction of sp³-hybridized carbons (Fsp3) is 0.200. The number of alkyl halides is 3. The smallest absolute Gasteiger partial charge is 0.437 e. The van der Waals surface area contributed by atoms with E-state index in [4.69, 9.17) is 4.74 Å². The second-order valence-electron chi connectivity index (χ2n) is 6.69. The number of halogens is 5. The lowest BCUT2D eigenvalue weighted by Gasteiger charge is -2.14. The Balaban J connectivity index is 1.88. The molecule has 0 saturated carbocycles. The lowest BCUT2D eigenvalue weighted by atomic mass is 10.0. The molecule has 7 nitrogen and oxygen atoms in total. The molecule has 1 aromatic carbocycles. The number of pyridine rings is 1. The number of H-pyrrole nitrogens is 1. The van der Waals surface area contributed by atoms with E-state index in [0.29, 0.717) is 6.07 Å². The molecule has 0 amide bonds. The van der Waals surface area contributed by atoms with Crippen molar-refractivity contribution in [2.45, 2.75) is 13.1 Å². The van der Waals surface area contributed by atoms with E-state index in [9.17, 15) is 22.0 Å². The van der Waals surface area contributed by atoms with E-state index in [-0.39, 0.29) is 40.6 Å². The molecule has 32 heavy (non-hydrogen) atoms. The van der Waals surface area contributed by atoms with Crippen molar-refractivity contribution in [3.63, 3.8) is 0 Å². The van der Waals surface area contributed by atoms with Crippen LogP contribution in [0.3, 0.4) is 0 Å². The van der Waals surface area contributed by atoms with Gasteiger partial charge in [0.1, 0.15) is 28.8 Å². The van der Waals surface area contributed by atoms with Crippen LogP contribution in [0.25, 0.3) is 33.9 Å². The highest BCUT2D eigenvalue weighted by Gasteiger charge is 2.38. The summed E-state index contributed by atoms with van der Waals surface area (Å²) in [6.07, 6.45) is -2.05. The van der Waals surface area contributed by atoms with E-state index in [1.165, 1.54) is 29.2 Å². The van der Waals surface area contributed by atoms with Gasteiger partial charge in [-0.15, -0.1) is 0 Å². The molecular formula is C20H15F5N6O. The molecule has 0 radical (unpaired) electrons. The van der Waals surface area contributed by atoms with Crippen molar-refractivity contribution in [3.05, 3.63) is 54.1 Å². The molecule has 0 fully saturated rings. The highest BCUT2D eigenvalue weighted by atomic mass is 19.4. The number of aryl methyl sites for hydroxylation is 1. The maximum absolute atomic E-state index is 14.8. The molecule has 4 aromatic rings. The molecule has 0 unspecified atom stereocenters. The first kappa shape index (κ1) is 21.4. The Morgan fingerprint density at radius 3 is 2.56 bits per heavy atom. The van der Waals surface area contributed by atoms with Crippen molar-refractivity contribution < 1.29 is 26.7 Å². The number of imidazole rings is 1. The lowest BCUT2D eigenvalue weighted by molar-refractivity contribution is -0.140. The van der Waals surface area contributed by atoms with Gasteiger partial charge in [0.15, 0.2) is 5.69 Å². The molecule has 3 heterocycles. The maximum atomic E-state index is 14.8. The van der Waals surface area contributed by atoms with Gasteiger partial charge in [-0.3, -0.25) is 4.98 Å². The van der Waals surface area contributed by atoms with Crippen LogP contribution in [-0.2, 0) is 13.2 Å². The summed E-state index contributed by atoms with van der Waals surface area (Å²) >= 11 is 0. The van der Waals surface area contributed by atoms with Gasteiger partial charge in [-0.25, -0.2) is 13.8 Å². The van der Waals surface area contributed by atoms with Gasteiger partial charge in [0.2, 0.25) is 0 Å². The molecule has 0 spiro atoms. The van der Waals surface area contributed by atoms with Crippen LogP contribution < -0.4 is 4.74 Å². The second-order valence-corrected chi connectivity index (χ2v) is 6.69. The van der Waals surface area contributed by atoms with E-state index < -0.39 is 29.2 Å². The maximum Gasteiger partial charge on any atom is 0.437 e. The molecule has 0 aliphatic heterocycles. The summed E-state index contributed by atoms with van der Waals surface area (Å²) in [7, 11) is 1.59. The lowest BCUT2D eigenvalue weighted by Crippen LogP contribution is -2.07. The van der Waals surface area contributed by atoms with Gasteiger partial charge >= 0.3 is 6.18 Å². The van der Waals surface area contributed by atoms with Crippen LogP contribution in [0.15, 0.2) is 36.8 Å². The van der Waals surface area contributed by atoms with Crippen LogP contribution in [0.5, 0.6) is 5.75 Å². The largest absolute Gasteiger partial charge is 0.493 e. The van der Waals surface area contributed by atoms with Gasteiger partial charge in [0.05, 0.1) is 29.9 Å². The summed E-state index contributed by atoms with van der Waals surface area (Å²) in [6.45, 7) is 1.82. The molecular weight excluding hydrogens is 435 g/mol. The summed E-state index contributed by atoms with van der Waals surface area (Å²) in [5.74, 6) is -1.74. The normalized spacial score (nSPS) is 11.7. The minimum absolute atomic E-state index is 0.0399. The summed E-state index contributed by atoms with van der Waals surface area (Å²) in [5, 5.41) is 8.77. The van der Waals surface area contributed by atoms with Gasteiger partial charge < -0.3 is 9.30 Å². The number of nitrogens with one attached hydrogen (secondary N) is 1. The predicted molar refractivity (Wildman–Crippen MR) is 103 cm³/mol. The highest BCUT2D eigenvalue weighted by molar-refractivity contribution is 5.82. The average molecular weight is 450 g/mol. The van der Waals surface area contributed by atoms with Crippen molar-refractivity contribution in [3.8, 4) is 39.7 Å². The van der Waals surface area contributed by atoms with Crippen LogP contribution in [0.2, 0.25) is 0 Å². The number of rotatable bonds is 5. The van der Waals surface area contributed by atoms with E-state index in [1.54, 1.807) is 14.0 Å². The molecule has 12 heteroatoms. The molecule has 4 rings (SSSR count). The monoisotopic (exact) mass is 450 g/mol. The Labute approximate surface area is 177 Å². The second kappa shape index (κ2) is 8.02. The third-order valence-electron chi connectivity index (χ3n) is 4.58. The van der Waals surface area contributed by atoms with Crippen molar-refractivity contribution >= 4 is 0 Å². The van der Waals surface area contributed by atoms with Crippen LogP contribution in [0.4, 0.5) is 22.0 Å². The summed E-state index contributed by atoms with van der Waals surface area (Å²) < 4.78 is 75.2. The summed E-state index contributed by atoms with van der Waals surface area (Å²) in [5.41, 5.74) is -1.03. The number of hydrogen-bond acceptors (Lipinski definition) is 5. The fourth-order valence-corrected chi connectivity index (χ4v) is 3.30. The zero-order valence-corrected chi connectivity index (χ0v) is 16.7. The zero-order chi connectivity index (χ0) is 23.0. The summed E-state index contributed by atoms with van der Waals surface area (Å²) in [4.78, 5) is 8.42. The molecule has 0 aliphatic rings. The highest BCUT2D eigenvalue weighted by Crippen LogP contribution is 2.40. The Morgan fingerprint density at radius 2 is 1.84 bits per heavy atom. The number of aromatic amines is 1. The average Bonchev–Trinajstić information content (AvgIpc) is 3.36. The molecule has 166 valence electrons. The van der Waals surface area contributed by atoms with Gasteiger partial charge in [0, 0.05) is 30.9 Å². The quantitative estimate of drug-likeness (QED) is 0.449.